The second kappa shape index (κ2) is 8.40. The lowest BCUT2D eigenvalue weighted by Crippen LogP contribution is -2.51. The number of carbonyl (C=O) groups excluding carboxylic acids is 2. The number of nitrogens with one attached hydrogen (secondary N) is 1. The normalized spacial score (nSPS) is 19.8. The lowest BCUT2D eigenvalue weighted by molar-refractivity contribution is -0.139. The summed E-state index contributed by atoms with van der Waals surface area (Å²) >= 11 is 0. The zero-order chi connectivity index (χ0) is 22.1. The molecule has 164 valence electrons. The van der Waals surface area contributed by atoms with E-state index >= 15 is 0 Å². The highest BCUT2D eigenvalue weighted by Gasteiger charge is 2.46. The van der Waals surface area contributed by atoms with Gasteiger partial charge in [0.2, 0.25) is 5.91 Å². The molecule has 4 rings (SSSR count). The van der Waals surface area contributed by atoms with E-state index in [9.17, 15) is 9.59 Å². The highest BCUT2D eigenvalue weighted by Crippen LogP contribution is 2.44. The van der Waals surface area contributed by atoms with Crippen LogP contribution in [0.3, 0.4) is 0 Å². The lowest BCUT2D eigenvalue weighted by atomic mass is 9.75. The third kappa shape index (κ3) is 3.95. The zero-order valence-electron chi connectivity index (χ0n) is 18.8. The van der Waals surface area contributed by atoms with Crippen molar-refractivity contribution in [3.63, 3.8) is 0 Å². The average molecular weight is 421 g/mol. The number of aryl methyl sites for hydroxylation is 1. The predicted octanol–water partition coefficient (Wildman–Crippen LogP) is 3.54. The van der Waals surface area contributed by atoms with E-state index in [0.717, 1.165) is 49.8 Å². The van der Waals surface area contributed by atoms with Gasteiger partial charge in [0, 0.05) is 31.2 Å². The highest BCUT2D eigenvalue weighted by molar-refractivity contribution is 5.92. The average Bonchev–Trinajstić information content (AvgIpc) is 3.30. The molecule has 2 amide bonds. The van der Waals surface area contributed by atoms with Crippen LogP contribution < -0.4 is 5.32 Å². The van der Waals surface area contributed by atoms with Gasteiger partial charge in [-0.3, -0.25) is 9.59 Å². The molecular formula is C25H32N4O2. The van der Waals surface area contributed by atoms with Crippen molar-refractivity contribution in [2.45, 2.75) is 63.2 Å². The number of likely N-dealkylation sites (tertiary alicyclic amines) is 1. The molecule has 0 atom stereocenters. The molecule has 31 heavy (non-hydrogen) atoms. The van der Waals surface area contributed by atoms with Crippen molar-refractivity contribution >= 4 is 11.8 Å². The van der Waals surface area contributed by atoms with E-state index < -0.39 is 0 Å². The van der Waals surface area contributed by atoms with Gasteiger partial charge >= 0.3 is 0 Å². The molecule has 1 saturated carbocycles. The van der Waals surface area contributed by atoms with E-state index in [1.807, 2.05) is 25.1 Å². The van der Waals surface area contributed by atoms with Crippen molar-refractivity contribution in [1.82, 2.24) is 20.2 Å². The van der Waals surface area contributed by atoms with Crippen molar-refractivity contribution in [1.29, 1.82) is 0 Å². The third-order valence-electron chi connectivity index (χ3n) is 7.20. The van der Waals surface area contributed by atoms with Crippen LogP contribution in [0.1, 0.15) is 73.0 Å². The minimum atomic E-state index is -0.374. The van der Waals surface area contributed by atoms with Crippen LogP contribution in [0.15, 0.2) is 36.4 Å². The molecule has 2 fully saturated rings. The molecule has 0 unspecified atom stereocenters. The minimum Gasteiger partial charge on any atom is -0.354 e. The maximum atomic E-state index is 13.7. The fourth-order valence-electron chi connectivity index (χ4n) is 5.17. The molecule has 2 aliphatic rings. The summed E-state index contributed by atoms with van der Waals surface area (Å²) in [4.78, 5) is 37.2. The van der Waals surface area contributed by atoms with Crippen LogP contribution in [0.4, 0.5) is 0 Å². The van der Waals surface area contributed by atoms with Gasteiger partial charge in [0.25, 0.3) is 5.91 Å². The van der Waals surface area contributed by atoms with Crippen molar-refractivity contribution in [3.05, 3.63) is 59.2 Å². The topological polar surface area (TPSA) is 75.2 Å². The van der Waals surface area contributed by atoms with E-state index in [1.54, 1.807) is 13.1 Å². The number of aromatic nitrogens is 2. The molecule has 6 heteroatoms. The Morgan fingerprint density at radius 3 is 2.26 bits per heavy atom. The number of hydrogen-bond donors (Lipinski definition) is 1. The number of piperidine rings is 1. The summed E-state index contributed by atoms with van der Waals surface area (Å²) < 4.78 is 0. The number of nitrogens with zero attached hydrogens (tertiary/aromatic N) is 3. The molecule has 1 aliphatic heterocycles. The number of rotatable bonds is 4. The summed E-state index contributed by atoms with van der Waals surface area (Å²) in [5, 5.41) is 2.64. The molecule has 6 nitrogen and oxygen atoms in total. The van der Waals surface area contributed by atoms with Crippen molar-refractivity contribution in [3.8, 4) is 0 Å². The maximum absolute atomic E-state index is 13.7. The first kappa shape index (κ1) is 21.5. The van der Waals surface area contributed by atoms with Crippen molar-refractivity contribution in [2.24, 2.45) is 0 Å². The Hall–Kier alpha value is -2.76. The molecule has 1 aromatic heterocycles. The Bertz CT molecular complexity index is 959. The Kier molecular flexibility index (Phi) is 5.82. The molecule has 0 spiro atoms. The summed E-state index contributed by atoms with van der Waals surface area (Å²) in [7, 11) is 1.61. The van der Waals surface area contributed by atoms with Crippen LogP contribution in [0.5, 0.6) is 0 Å². The van der Waals surface area contributed by atoms with Gasteiger partial charge in [0.15, 0.2) is 0 Å². The smallest absolute Gasteiger partial charge is 0.269 e. The summed E-state index contributed by atoms with van der Waals surface area (Å²) in [5.74, 6) is 0.778. The minimum absolute atomic E-state index is 0.200. The van der Waals surface area contributed by atoms with Gasteiger partial charge in [0.05, 0.1) is 5.41 Å². The van der Waals surface area contributed by atoms with E-state index in [1.165, 1.54) is 0 Å². The van der Waals surface area contributed by atoms with Gasteiger partial charge in [0.1, 0.15) is 11.5 Å². The van der Waals surface area contributed by atoms with Crippen LogP contribution in [0.2, 0.25) is 0 Å². The van der Waals surface area contributed by atoms with Crippen LogP contribution in [0.25, 0.3) is 0 Å². The lowest BCUT2D eigenvalue weighted by Gasteiger charge is -2.42. The van der Waals surface area contributed by atoms with E-state index in [4.69, 9.17) is 0 Å². The second-order valence-electron chi connectivity index (χ2n) is 9.31. The van der Waals surface area contributed by atoms with E-state index in [-0.39, 0.29) is 22.6 Å². The van der Waals surface area contributed by atoms with Gasteiger partial charge in [-0.15, -0.1) is 0 Å². The maximum Gasteiger partial charge on any atom is 0.269 e. The largest absolute Gasteiger partial charge is 0.354 e. The number of amides is 2. The van der Waals surface area contributed by atoms with Gasteiger partial charge in [-0.2, -0.15) is 0 Å². The molecule has 1 N–H and O–H groups in total. The first-order valence-electron chi connectivity index (χ1n) is 11.3. The fourth-order valence-corrected chi connectivity index (χ4v) is 5.17. The van der Waals surface area contributed by atoms with Gasteiger partial charge in [-0.1, -0.05) is 50.1 Å². The van der Waals surface area contributed by atoms with Crippen molar-refractivity contribution < 1.29 is 9.59 Å². The number of carbonyl (C=O) groups is 2. The molecule has 0 bridgehead atoms. The SMILES string of the molecule is CNC(=O)c1cc(C)nc(C2(C)CCN(C(=O)C3(c4ccccc4)CCCC3)CC2)n1. The van der Waals surface area contributed by atoms with E-state index in [0.29, 0.717) is 24.6 Å². The molecule has 1 aromatic carbocycles. The monoisotopic (exact) mass is 420 g/mol. The highest BCUT2D eigenvalue weighted by atomic mass is 16.2. The van der Waals surface area contributed by atoms with Crippen LogP contribution >= 0.6 is 0 Å². The first-order valence-corrected chi connectivity index (χ1v) is 11.3. The Balaban J connectivity index is 1.54. The fraction of sp³-hybridized carbons (Fsp3) is 0.520. The second-order valence-corrected chi connectivity index (χ2v) is 9.31. The first-order chi connectivity index (χ1) is 14.9. The number of benzene rings is 1. The standard InChI is InChI=1S/C25H32N4O2/c1-18-17-20(21(30)26-3)28-22(27-18)24(2)13-15-29(16-14-24)23(31)25(11-7-8-12-25)19-9-5-4-6-10-19/h4-6,9-10,17H,7-8,11-16H2,1-3H3,(H,26,30). The molecule has 0 radical (unpaired) electrons. The Morgan fingerprint density at radius 1 is 1.00 bits per heavy atom. The van der Waals surface area contributed by atoms with Crippen LogP contribution in [0, 0.1) is 6.92 Å². The molecular weight excluding hydrogens is 388 g/mol. The number of hydrogen-bond acceptors (Lipinski definition) is 4. The Labute approximate surface area is 184 Å². The summed E-state index contributed by atoms with van der Waals surface area (Å²) in [6, 6.07) is 12.0. The van der Waals surface area contributed by atoms with E-state index in [2.05, 4.69) is 39.2 Å². The van der Waals surface area contributed by atoms with Gasteiger partial charge in [-0.05, 0) is 44.2 Å². The third-order valence-corrected chi connectivity index (χ3v) is 7.20. The molecule has 1 saturated heterocycles. The van der Waals surface area contributed by atoms with Crippen molar-refractivity contribution in [2.75, 3.05) is 20.1 Å². The van der Waals surface area contributed by atoms with Gasteiger partial charge < -0.3 is 10.2 Å². The zero-order valence-corrected chi connectivity index (χ0v) is 18.8. The summed E-state index contributed by atoms with van der Waals surface area (Å²) in [6.07, 6.45) is 5.65. The Morgan fingerprint density at radius 2 is 1.65 bits per heavy atom. The molecule has 1 aliphatic carbocycles. The van der Waals surface area contributed by atoms with Crippen LogP contribution in [-0.4, -0.2) is 46.8 Å². The predicted molar refractivity (Wildman–Crippen MR) is 120 cm³/mol. The summed E-state index contributed by atoms with van der Waals surface area (Å²) in [6.45, 7) is 5.43. The molecule has 2 aromatic rings. The van der Waals surface area contributed by atoms with Gasteiger partial charge in [-0.25, -0.2) is 9.97 Å². The quantitative estimate of drug-likeness (QED) is 0.821. The molecule has 2 heterocycles. The van der Waals surface area contributed by atoms with Crippen LogP contribution in [-0.2, 0) is 15.6 Å². The summed E-state index contributed by atoms with van der Waals surface area (Å²) in [5.41, 5.74) is 1.72.